The Labute approximate surface area is 103 Å². The molecule has 0 aliphatic rings. The molecule has 0 spiro atoms. The molecule has 0 aliphatic heterocycles. The molecule has 3 heteroatoms. The molecule has 0 aliphatic carbocycles. The second kappa shape index (κ2) is 6.31. The second-order valence-corrected chi connectivity index (χ2v) is 4.29. The van der Waals surface area contributed by atoms with Gasteiger partial charge in [0.15, 0.2) is 0 Å². The van der Waals surface area contributed by atoms with Crippen molar-refractivity contribution in [2.24, 2.45) is 0 Å². The minimum absolute atomic E-state index is 0.324. The minimum atomic E-state index is -0.893. The molecule has 0 aromatic heterocycles. The van der Waals surface area contributed by atoms with Gasteiger partial charge in [-0.2, -0.15) is 0 Å². The largest absolute Gasteiger partial charge is 0.477 e. The van der Waals surface area contributed by atoms with Gasteiger partial charge >= 0.3 is 5.97 Å². The summed E-state index contributed by atoms with van der Waals surface area (Å²) in [4.78, 5) is 10.8. The van der Waals surface area contributed by atoms with Crippen LogP contribution in [-0.2, 0) is 4.79 Å². The molecule has 84 valence electrons. The van der Waals surface area contributed by atoms with Crippen LogP contribution in [0.5, 0.6) is 0 Å². The fourth-order valence-corrected chi connectivity index (χ4v) is 1.48. The Morgan fingerprint density at radius 3 is 2.56 bits per heavy atom. The van der Waals surface area contributed by atoms with Crippen molar-refractivity contribution in [3.8, 4) is 0 Å². The Kier molecular flexibility index (Phi) is 5.03. The predicted molar refractivity (Wildman–Crippen MR) is 68.2 cm³/mol. The first-order chi connectivity index (χ1) is 7.63. The molecule has 0 unspecified atom stereocenters. The first kappa shape index (κ1) is 12.8. The van der Waals surface area contributed by atoms with Gasteiger partial charge in [0.05, 0.1) is 5.57 Å². The third-order valence-electron chi connectivity index (χ3n) is 2.04. The van der Waals surface area contributed by atoms with Gasteiger partial charge in [-0.05, 0) is 30.2 Å². The minimum Gasteiger partial charge on any atom is -0.477 e. The lowest BCUT2D eigenvalue weighted by Crippen LogP contribution is -1.98. The fourth-order valence-electron chi connectivity index (χ4n) is 1.22. The van der Waals surface area contributed by atoms with Crippen LogP contribution < -0.4 is 0 Å². The van der Waals surface area contributed by atoms with Gasteiger partial charge in [0, 0.05) is 4.47 Å². The topological polar surface area (TPSA) is 37.3 Å². The van der Waals surface area contributed by atoms with Crippen LogP contribution in [0.25, 0.3) is 6.08 Å². The normalized spacial score (nSPS) is 9.38. The SMILES string of the molecule is CCCC(=C=Cc1ccc(Br)cc1)C(=O)O. The smallest absolute Gasteiger partial charge is 0.339 e. The molecule has 0 saturated heterocycles. The van der Waals surface area contributed by atoms with E-state index >= 15 is 0 Å². The Morgan fingerprint density at radius 2 is 2.06 bits per heavy atom. The predicted octanol–water partition coefficient (Wildman–Crippen LogP) is 3.87. The van der Waals surface area contributed by atoms with E-state index in [1.807, 2.05) is 31.2 Å². The Balaban J connectivity index is 2.94. The summed E-state index contributed by atoms with van der Waals surface area (Å²) >= 11 is 3.34. The van der Waals surface area contributed by atoms with E-state index in [2.05, 4.69) is 21.7 Å². The van der Waals surface area contributed by atoms with E-state index in [-0.39, 0.29) is 0 Å². The summed E-state index contributed by atoms with van der Waals surface area (Å²) in [5.74, 6) is -0.893. The lowest BCUT2D eigenvalue weighted by atomic mass is 10.1. The summed E-state index contributed by atoms with van der Waals surface area (Å²) in [5, 5.41) is 8.90. The van der Waals surface area contributed by atoms with E-state index in [1.165, 1.54) is 0 Å². The van der Waals surface area contributed by atoms with Gasteiger partial charge < -0.3 is 5.11 Å². The van der Waals surface area contributed by atoms with Crippen LogP contribution in [-0.4, -0.2) is 11.1 Å². The molecule has 1 N–H and O–H groups in total. The Hall–Kier alpha value is -1.31. The summed E-state index contributed by atoms with van der Waals surface area (Å²) in [6.45, 7) is 1.95. The van der Waals surface area contributed by atoms with Crippen LogP contribution in [0.2, 0.25) is 0 Å². The lowest BCUT2D eigenvalue weighted by Gasteiger charge is -1.95. The highest BCUT2D eigenvalue weighted by molar-refractivity contribution is 9.10. The molecule has 1 rings (SSSR count). The van der Waals surface area contributed by atoms with Gasteiger partial charge in [-0.15, -0.1) is 5.73 Å². The van der Waals surface area contributed by atoms with Crippen molar-refractivity contribution in [2.75, 3.05) is 0 Å². The molecular formula is C13H13BrO2. The second-order valence-electron chi connectivity index (χ2n) is 3.37. The van der Waals surface area contributed by atoms with Crippen molar-refractivity contribution in [2.45, 2.75) is 19.8 Å². The molecule has 0 heterocycles. The van der Waals surface area contributed by atoms with Crippen LogP contribution in [0.1, 0.15) is 25.3 Å². The number of aliphatic carboxylic acids is 1. The zero-order valence-corrected chi connectivity index (χ0v) is 10.6. The average Bonchev–Trinajstić information content (AvgIpc) is 2.26. The number of hydrogen-bond acceptors (Lipinski definition) is 1. The molecule has 0 radical (unpaired) electrons. The Morgan fingerprint density at radius 1 is 1.44 bits per heavy atom. The molecule has 1 aromatic carbocycles. The molecule has 2 nitrogen and oxygen atoms in total. The Bertz CT molecular complexity index is 426. The van der Waals surface area contributed by atoms with E-state index in [0.717, 1.165) is 16.5 Å². The van der Waals surface area contributed by atoms with Crippen molar-refractivity contribution in [3.63, 3.8) is 0 Å². The van der Waals surface area contributed by atoms with Gasteiger partial charge in [0.2, 0.25) is 0 Å². The molecule has 16 heavy (non-hydrogen) atoms. The first-order valence-corrected chi connectivity index (χ1v) is 5.87. The van der Waals surface area contributed by atoms with Crippen molar-refractivity contribution < 1.29 is 9.90 Å². The summed E-state index contributed by atoms with van der Waals surface area (Å²) in [6, 6.07) is 7.63. The zero-order chi connectivity index (χ0) is 12.0. The number of halogens is 1. The third kappa shape index (κ3) is 4.05. The van der Waals surface area contributed by atoms with Crippen molar-refractivity contribution in [3.05, 3.63) is 45.6 Å². The maximum absolute atomic E-state index is 10.8. The molecule has 0 bridgehead atoms. The van der Waals surface area contributed by atoms with E-state index in [1.54, 1.807) is 6.08 Å². The molecule has 0 atom stereocenters. The summed E-state index contributed by atoms with van der Waals surface area (Å²) < 4.78 is 1.00. The average molecular weight is 281 g/mol. The van der Waals surface area contributed by atoms with Gasteiger partial charge in [0.1, 0.15) is 0 Å². The van der Waals surface area contributed by atoms with E-state index in [0.29, 0.717) is 12.0 Å². The highest BCUT2D eigenvalue weighted by Crippen LogP contribution is 2.12. The van der Waals surface area contributed by atoms with E-state index in [9.17, 15) is 4.79 Å². The zero-order valence-electron chi connectivity index (χ0n) is 9.03. The standard InChI is InChI=1S/C13H13BrO2/c1-2-3-11(13(15)16)7-4-10-5-8-12(14)9-6-10/h4-6,8-9H,2-3H2,1H3,(H,15,16). The van der Waals surface area contributed by atoms with Gasteiger partial charge in [-0.25, -0.2) is 4.79 Å². The number of carboxylic acid groups (broad SMARTS) is 1. The van der Waals surface area contributed by atoms with Gasteiger partial charge in [0.25, 0.3) is 0 Å². The monoisotopic (exact) mass is 280 g/mol. The van der Waals surface area contributed by atoms with Crippen molar-refractivity contribution >= 4 is 28.0 Å². The number of benzene rings is 1. The number of hydrogen-bond donors (Lipinski definition) is 1. The first-order valence-electron chi connectivity index (χ1n) is 5.08. The van der Waals surface area contributed by atoms with Crippen LogP contribution in [0.3, 0.4) is 0 Å². The fraction of sp³-hybridized carbons (Fsp3) is 0.231. The third-order valence-corrected chi connectivity index (χ3v) is 2.57. The molecule has 0 saturated carbocycles. The maximum Gasteiger partial charge on any atom is 0.339 e. The maximum atomic E-state index is 10.8. The number of rotatable bonds is 4. The quantitative estimate of drug-likeness (QED) is 0.672. The highest BCUT2D eigenvalue weighted by Gasteiger charge is 2.03. The molecule has 0 amide bonds. The van der Waals surface area contributed by atoms with E-state index in [4.69, 9.17) is 5.11 Å². The van der Waals surface area contributed by atoms with E-state index < -0.39 is 5.97 Å². The molecular weight excluding hydrogens is 268 g/mol. The van der Waals surface area contributed by atoms with Gasteiger partial charge in [-0.1, -0.05) is 41.4 Å². The highest BCUT2D eigenvalue weighted by atomic mass is 79.9. The van der Waals surface area contributed by atoms with Crippen LogP contribution >= 0.6 is 15.9 Å². The molecule has 1 aromatic rings. The van der Waals surface area contributed by atoms with Gasteiger partial charge in [-0.3, -0.25) is 0 Å². The van der Waals surface area contributed by atoms with Crippen LogP contribution in [0.15, 0.2) is 40.0 Å². The van der Waals surface area contributed by atoms with Crippen LogP contribution in [0.4, 0.5) is 0 Å². The summed E-state index contributed by atoms with van der Waals surface area (Å²) in [5.41, 5.74) is 4.10. The lowest BCUT2D eigenvalue weighted by molar-refractivity contribution is -0.132. The molecule has 0 fully saturated rings. The number of carbonyl (C=O) groups is 1. The summed E-state index contributed by atoms with van der Waals surface area (Å²) in [7, 11) is 0. The van der Waals surface area contributed by atoms with Crippen molar-refractivity contribution in [1.29, 1.82) is 0 Å². The van der Waals surface area contributed by atoms with Crippen LogP contribution in [0, 0.1) is 0 Å². The summed E-state index contributed by atoms with van der Waals surface area (Å²) in [6.07, 6.45) is 3.05. The van der Waals surface area contributed by atoms with Crippen molar-refractivity contribution in [1.82, 2.24) is 0 Å². The number of carboxylic acids is 1.